The summed E-state index contributed by atoms with van der Waals surface area (Å²) in [4.78, 5) is 5.45. The van der Waals surface area contributed by atoms with E-state index in [0.29, 0.717) is 11.7 Å². The minimum atomic E-state index is 0.436. The van der Waals surface area contributed by atoms with Crippen molar-refractivity contribution in [1.29, 1.82) is 0 Å². The van der Waals surface area contributed by atoms with Crippen LogP contribution in [0.25, 0.3) is 4.96 Å². The van der Waals surface area contributed by atoms with E-state index in [-0.39, 0.29) is 0 Å². The third kappa shape index (κ3) is 1.72. The average molecular weight is 267 g/mol. The highest BCUT2D eigenvalue weighted by Gasteiger charge is 2.15. The highest BCUT2D eigenvalue weighted by molar-refractivity contribution is 7.99. The molecule has 0 saturated carbocycles. The summed E-state index contributed by atoms with van der Waals surface area (Å²) in [5, 5.41) is 14.8. The molecule has 3 aromatic heterocycles. The van der Waals surface area contributed by atoms with Gasteiger partial charge < -0.3 is 5.73 Å². The number of tetrazole rings is 1. The van der Waals surface area contributed by atoms with Crippen molar-refractivity contribution in [2.45, 2.75) is 16.7 Å². The van der Waals surface area contributed by atoms with Gasteiger partial charge in [-0.2, -0.15) is 0 Å². The Balaban J connectivity index is 2.05. The molecule has 3 rings (SSSR count). The zero-order valence-electron chi connectivity index (χ0n) is 8.94. The van der Waals surface area contributed by atoms with E-state index >= 15 is 0 Å². The van der Waals surface area contributed by atoms with Crippen LogP contribution in [-0.2, 0) is 13.6 Å². The van der Waals surface area contributed by atoms with Crippen LogP contribution in [0.15, 0.2) is 21.8 Å². The Kier molecular flexibility index (Phi) is 2.57. The summed E-state index contributed by atoms with van der Waals surface area (Å²) < 4.78 is 3.61. The third-order valence-corrected chi connectivity index (χ3v) is 4.09. The van der Waals surface area contributed by atoms with E-state index in [9.17, 15) is 0 Å². The van der Waals surface area contributed by atoms with Crippen molar-refractivity contribution in [3.8, 4) is 0 Å². The Morgan fingerprint density at radius 3 is 3.12 bits per heavy atom. The Bertz CT molecular complexity index is 652. The molecule has 0 radical (unpaired) electrons. The van der Waals surface area contributed by atoms with Crippen molar-refractivity contribution in [1.82, 2.24) is 29.6 Å². The molecule has 88 valence electrons. The first kappa shape index (κ1) is 10.7. The molecule has 0 atom stereocenters. The molecule has 0 unspecified atom stereocenters. The van der Waals surface area contributed by atoms with Crippen LogP contribution in [0.3, 0.4) is 0 Å². The molecule has 0 aromatic carbocycles. The van der Waals surface area contributed by atoms with Crippen LogP contribution in [-0.4, -0.2) is 29.6 Å². The minimum Gasteiger partial charge on any atom is -0.325 e. The molecule has 0 aliphatic rings. The molecule has 0 saturated heterocycles. The van der Waals surface area contributed by atoms with Crippen LogP contribution in [0, 0.1) is 0 Å². The van der Waals surface area contributed by atoms with Gasteiger partial charge in [-0.15, -0.1) is 16.4 Å². The lowest BCUT2D eigenvalue weighted by atomic mass is 10.5. The van der Waals surface area contributed by atoms with Gasteiger partial charge in [0, 0.05) is 25.2 Å². The Morgan fingerprint density at radius 2 is 2.41 bits per heavy atom. The van der Waals surface area contributed by atoms with Gasteiger partial charge >= 0.3 is 0 Å². The lowest BCUT2D eigenvalue weighted by Gasteiger charge is -1.99. The first-order valence-electron chi connectivity index (χ1n) is 4.84. The molecular weight excluding hydrogens is 258 g/mol. The zero-order valence-corrected chi connectivity index (χ0v) is 10.6. The van der Waals surface area contributed by atoms with E-state index in [4.69, 9.17) is 5.73 Å². The number of nitrogens with two attached hydrogens (primary N) is 1. The Morgan fingerprint density at radius 1 is 1.53 bits per heavy atom. The molecule has 3 heterocycles. The summed E-state index contributed by atoms with van der Waals surface area (Å²) in [6, 6.07) is 0. The zero-order chi connectivity index (χ0) is 11.8. The minimum absolute atomic E-state index is 0.436. The van der Waals surface area contributed by atoms with Crippen LogP contribution >= 0.6 is 23.1 Å². The Hall–Kier alpha value is -1.45. The van der Waals surface area contributed by atoms with Crippen LogP contribution in [0.5, 0.6) is 0 Å². The quantitative estimate of drug-likeness (QED) is 0.745. The number of aryl methyl sites for hydroxylation is 1. The van der Waals surface area contributed by atoms with Crippen molar-refractivity contribution in [2.75, 3.05) is 0 Å². The van der Waals surface area contributed by atoms with Gasteiger partial charge in [0.25, 0.3) is 0 Å². The fourth-order valence-electron chi connectivity index (χ4n) is 1.47. The number of thiazole rings is 1. The molecule has 0 spiro atoms. The third-order valence-electron chi connectivity index (χ3n) is 2.29. The topological polar surface area (TPSA) is 86.9 Å². The molecule has 17 heavy (non-hydrogen) atoms. The van der Waals surface area contributed by atoms with Gasteiger partial charge in [-0.25, -0.2) is 9.67 Å². The summed E-state index contributed by atoms with van der Waals surface area (Å²) in [6.45, 7) is 0.436. The smallest absolute Gasteiger partial charge is 0.215 e. The van der Waals surface area contributed by atoms with E-state index in [1.807, 2.05) is 16.0 Å². The summed E-state index contributed by atoms with van der Waals surface area (Å²) in [5.74, 6) is 0. The number of imidazole rings is 1. The monoisotopic (exact) mass is 267 g/mol. The molecule has 0 aliphatic heterocycles. The van der Waals surface area contributed by atoms with Crippen molar-refractivity contribution in [3.05, 3.63) is 17.3 Å². The lowest BCUT2D eigenvalue weighted by molar-refractivity contribution is 0.664. The number of hydrogen-bond acceptors (Lipinski definition) is 7. The molecule has 2 N–H and O–H groups in total. The molecule has 9 heteroatoms. The second kappa shape index (κ2) is 4.09. The molecule has 0 aliphatic carbocycles. The van der Waals surface area contributed by atoms with Gasteiger partial charge in [-0.3, -0.25) is 4.40 Å². The highest BCUT2D eigenvalue weighted by Crippen LogP contribution is 2.29. The predicted octanol–water partition coefficient (Wildman–Crippen LogP) is 0.529. The fraction of sp³-hybridized carbons (Fsp3) is 0.250. The average Bonchev–Trinajstić information content (AvgIpc) is 2.96. The lowest BCUT2D eigenvalue weighted by Crippen LogP contribution is -2.01. The summed E-state index contributed by atoms with van der Waals surface area (Å²) >= 11 is 3.00. The standard InChI is InChI=1S/C8H9N7S2/c1-14-8(11-12-13-14)17-6-5(4-9)15-2-3-16-7(15)10-6/h2-3H,4,9H2,1H3. The van der Waals surface area contributed by atoms with E-state index in [1.165, 1.54) is 11.8 Å². The molecule has 0 bridgehead atoms. The van der Waals surface area contributed by atoms with Gasteiger partial charge in [0.15, 0.2) is 4.96 Å². The molecule has 0 amide bonds. The van der Waals surface area contributed by atoms with Crippen LogP contribution in [0.2, 0.25) is 0 Å². The molecular formula is C8H9N7S2. The van der Waals surface area contributed by atoms with Crippen molar-refractivity contribution >= 4 is 28.1 Å². The van der Waals surface area contributed by atoms with E-state index in [1.54, 1.807) is 23.1 Å². The summed E-state index contributed by atoms with van der Waals surface area (Å²) in [6.07, 6.45) is 1.97. The second-order valence-electron chi connectivity index (χ2n) is 3.31. The van der Waals surface area contributed by atoms with Gasteiger partial charge in [0.2, 0.25) is 5.16 Å². The number of fused-ring (bicyclic) bond motifs is 1. The highest BCUT2D eigenvalue weighted by atomic mass is 32.2. The predicted molar refractivity (Wildman–Crippen MR) is 63.9 cm³/mol. The number of rotatable bonds is 3. The van der Waals surface area contributed by atoms with Crippen LogP contribution in [0.4, 0.5) is 0 Å². The largest absolute Gasteiger partial charge is 0.325 e. The maximum Gasteiger partial charge on any atom is 0.215 e. The van der Waals surface area contributed by atoms with Gasteiger partial charge in [-0.1, -0.05) is 0 Å². The molecule has 7 nitrogen and oxygen atoms in total. The van der Waals surface area contributed by atoms with Gasteiger partial charge in [-0.05, 0) is 22.2 Å². The van der Waals surface area contributed by atoms with E-state index < -0.39 is 0 Å². The normalized spacial score (nSPS) is 11.4. The van der Waals surface area contributed by atoms with Crippen molar-refractivity contribution < 1.29 is 0 Å². The van der Waals surface area contributed by atoms with Crippen LogP contribution in [0.1, 0.15) is 5.69 Å². The molecule has 0 fully saturated rings. The van der Waals surface area contributed by atoms with E-state index in [2.05, 4.69) is 20.5 Å². The second-order valence-corrected chi connectivity index (χ2v) is 5.14. The number of hydrogen-bond donors (Lipinski definition) is 1. The van der Waals surface area contributed by atoms with Crippen LogP contribution < -0.4 is 5.73 Å². The SMILES string of the molecule is Cn1nnnc1Sc1nc2sccn2c1CN. The number of aromatic nitrogens is 6. The van der Waals surface area contributed by atoms with Gasteiger partial charge in [0.1, 0.15) is 5.03 Å². The fourth-order valence-corrected chi connectivity index (χ4v) is 3.12. The van der Waals surface area contributed by atoms with Crippen molar-refractivity contribution in [2.24, 2.45) is 12.8 Å². The first-order chi connectivity index (χ1) is 8.29. The van der Waals surface area contributed by atoms with E-state index in [0.717, 1.165) is 15.7 Å². The van der Waals surface area contributed by atoms with Crippen molar-refractivity contribution in [3.63, 3.8) is 0 Å². The Labute approximate surface area is 105 Å². The maximum absolute atomic E-state index is 5.76. The van der Waals surface area contributed by atoms with Gasteiger partial charge in [0.05, 0.1) is 5.69 Å². The summed E-state index contributed by atoms with van der Waals surface area (Å²) in [5.41, 5.74) is 6.74. The maximum atomic E-state index is 5.76. The summed E-state index contributed by atoms with van der Waals surface area (Å²) in [7, 11) is 1.79. The first-order valence-corrected chi connectivity index (χ1v) is 6.54. The molecule has 3 aromatic rings. The number of nitrogens with zero attached hydrogens (tertiary/aromatic N) is 6.